The highest BCUT2D eigenvalue weighted by Crippen LogP contribution is 2.24. The molecule has 0 aromatic heterocycles. The number of thioether (sulfide) groups is 1. The van der Waals surface area contributed by atoms with Crippen LogP contribution in [-0.2, 0) is 14.8 Å². The van der Waals surface area contributed by atoms with Crippen LogP contribution in [0.3, 0.4) is 0 Å². The van der Waals surface area contributed by atoms with Gasteiger partial charge in [-0.25, -0.2) is 8.42 Å². The van der Waals surface area contributed by atoms with Gasteiger partial charge in [0.05, 0.1) is 10.6 Å². The smallest absolute Gasteiger partial charge is 0.264 e. The molecule has 2 aromatic rings. The van der Waals surface area contributed by atoms with Gasteiger partial charge in [0.2, 0.25) is 5.91 Å². The first-order chi connectivity index (χ1) is 13.5. The average Bonchev–Trinajstić information content (AvgIpc) is 2.64. The number of hydrogen-bond donors (Lipinski definition) is 1. The van der Waals surface area contributed by atoms with Gasteiger partial charge in [0.15, 0.2) is 0 Å². The molecule has 1 amide bonds. The summed E-state index contributed by atoms with van der Waals surface area (Å²) in [6, 6.07) is 13.8. The monoisotopic (exact) mass is 434 g/mol. The number of nitrogens with one attached hydrogen (secondary N) is 1. The number of carbonyl (C=O) groups is 1. The maximum Gasteiger partial charge on any atom is 0.264 e. The molecule has 158 valence electrons. The minimum absolute atomic E-state index is 0.118. The summed E-state index contributed by atoms with van der Waals surface area (Å²) in [5, 5.41) is 2.83. The summed E-state index contributed by atoms with van der Waals surface area (Å²) in [7, 11) is -3.87. The Labute approximate surface area is 178 Å². The summed E-state index contributed by atoms with van der Waals surface area (Å²) in [5.41, 5.74) is 2.46. The Kier molecular flexibility index (Phi) is 7.77. The Morgan fingerprint density at radius 1 is 0.966 bits per heavy atom. The largest absolute Gasteiger partial charge is 0.354 e. The molecule has 0 aliphatic rings. The zero-order chi connectivity index (χ0) is 21.7. The van der Waals surface area contributed by atoms with Gasteiger partial charge in [0.25, 0.3) is 10.0 Å². The minimum Gasteiger partial charge on any atom is -0.354 e. The minimum atomic E-state index is -3.87. The van der Waals surface area contributed by atoms with Crippen LogP contribution in [0.1, 0.15) is 31.9 Å². The molecule has 0 spiro atoms. The van der Waals surface area contributed by atoms with Crippen molar-refractivity contribution in [2.24, 2.45) is 0 Å². The number of benzene rings is 2. The molecule has 0 bridgehead atoms. The highest BCUT2D eigenvalue weighted by atomic mass is 32.2. The van der Waals surface area contributed by atoms with Gasteiger partial charge in [-0.2, -0.15) is 11.8 Å². The van der Waals surface area contributed by atoms with E-state index in [9.17, 15) is 13.2 Å². The predicted octanol–water partition coefficient (Wildman–Crippen LogP) is 4.15. The number of anilines is 1. The molecule has 0 unspecified atom stereocenters. The van der Waals surface area contributed by atoms with Crippen LogP contribution < -0.4 is 9.62 Å². The highest BCUT2D eigenvalue weighted by molar-refractivity contribution is 8.00. The van der Waals surface area contributed by atoms with E-state index in [0.29, 0.717) is 12.2 Å². The molecule has 7 heteroatoms. The molecule has 0 saturated heterocycles. The normalized spacial score (nSPS) is 11.9. The summed E-state index contributed by atoms with van der Waals surface area (Å²) in [6.45, 7) is 10.4. The van der Waals surface area contributed by atoms with E-state index in [-0.39, 0.29) is 22.1 Å². The standard InChI is InChI=1S/C22H30N2O3S2/c1-17-6-10-19(11-7-17)24(16-21(25)23-14-15-28-22(3,4)5)29(26,27)20-12-8-18(2)9-13-20/h6-13H,14-16H2,1-5H3,(H,23,25). The SMILES string of the molecule is Cc1ccc(N(CC(=O)NCCSC(C)(C)C)S(=O)(=O)c2ccc(C)cc2)cc1. The Bertz CT molecular complexity index is 916. The van der Waals surface area contributed by atoms with Crippen LogP contribution in [0.25, 0.3) is 0 Å². The molecular formula is C22H30N2O3S2. The number of sulfonamides is 1. The molecule has 2 rings (SSSR count). The lowest BCUT2D eigenvalue weighted by Gasteiger charge is -2.24. The average molecular weight is 435 g/mol. The van der Waals surface area contributed by atoms with E-state index < -0.39 is 10.0 Å². The van der Waals surface area contributed by atoms with E-state index in [4.69, 9.17) is 0 Å². The lowest BCUT2D eigenvalue weighted by molar-refractivity contribution is -0.119. The van der Waals surface area contributed by atoms with E-state index in [2.05, 4.69) is 26.1 Å². The van der Waals surface area contributed by atoms with Crippen LogP contribution in [0, 0.1) is 13.8 Å². The van der Waals surface area contributed by atoms with Gasteiger partial charge >= 0.3 is 0 Å². The first kappa shape index (κ1) is 23.3. The summed E-state index contributed by atoms with van der Waals surface area (Å²) in [5.74, 6) is 0.445. The third-order valence-corrected chi connectivity index (χ3v) is 7.24. The van der Waals surface area contributed by atoms with Gasteiger partial charge in [-0.3, -0.25) is 9.10 Å². The molecule has 2 aromatic carbocycles. The topological polar surface area (TPSA) is 66.5 Å². The third-order valence-electron chi connectivity index (χ3n) is 4.18. The first-order valence-corrected chi connectivity index (χ1v) is 12.0. The number of rotatable bonds is 8. The van der Waals surface area contributed by atoms with Gasteiger partial charge in [-0.1, -0.05) is 56.2 Å². The quantitative estimate of drug-likeness (QED) is 0.634. The maximum atomic E-state index is 13.3. The van der Waals surface area contributed by atoms with Crippen molar-refractivity contribution in [3.05, 3.63) is 59.7 Å². The highest BCUT2D eigenvalue weighted by Gasteiger charge is 2.27. The Hall–Kier alpha value is -1.99. The van der Waals surface area contributed by atoms with Crippen LogP contribution in [0.15, 0.2) is 53.4 Å². The maximum absolute atomic E-state index is 13.3. The van der Waals surface area contributed by atoms with Crippen molar-refractivity contribution < 1.29 is 13.2 Å². The van der Waals surface area contributed by atoms with Gasteiger partial charge in [-0.05, 0) is 38.1 Å². The summed E-state index contributed by atoms with van der Waals surface area (Å²) >= 11 is 1.75. The van der Waals surface area contributed by atoms with Crippen molar-refractivity contribution in [1.29, 1.82) is 0 Å². The fourth-order valence-electron chi connectivity index (χ4n) is 2.60. The van der Waals surface area contributed by atoms with Crippen LogP contribution in [0.4, 0.5) is 5.69 Å². The zero-order valence-corrected chi connectivity index (χ0v) is 19.4. The molecule has 0 saturated carbocycles. The second kappa shape index (κ2) is 9.67. The number of hydrogen-bond acceptors (Lipinski definition) is 4. The molecule has 0 radical (unpaired) electrons. The second-order valence-corrected chi connectivity index (χ2v) is 11.8. The van der Waals surface area contributed by atoms with Crippen LogP contribution in [-0.4, -0.2) is 37.9 Å². The van der Waals surface area contributed by atoms with Gasteiger partial charge in [0.1, 0.15) is 6.54 Å². The van der Waals surface area contributed by atoms with E-state index in [1.54, 1.807) is 48.2 Å². The number of amides is 1. The summed E-state index contributed by atoms with van der Waals surface area (Å²) < 4.78 is 27.8. The summed E-state index contributed by atoms with van der Waals surface area (Å²) in [4.78, 5) is 12.7. The van der Waals surface area contributed by atoms with Crippen LogP contribution in [0.2, 0.25) is 0 Å². The molecule has 29 heavy (non-hydrogen) atoms. The van der Waals surface area contributed by atoms with Crippen LogP contribution in [0.5, 0.6) is 0 Å². The molecule has 5 nitrogen and oxygen atoms in total. The Morgan fingerprint density at radius 3 is 2.00 bits per heavy atom. The van der Waals surface area contributed by atoms with E-state index >= 15 is 0 Å². The van der Waals surface area contributed by atoms with Gasteiger partial charge in [0, 0.05) is 17.0 Å². The molecule has 0 aliphatic carbocycles. The Morgan fingerprint density at radius 2 is 1.48 bits per heavy atom. The lowest BCUT2D eigenvalue weighted by Crippen LogP contribution is -2.41. The lowest BCUT2D eigenvalue weighted by atomic mass is 10.2. The predicted molar refractivity (Wildman–Crippen MR) is 122 cm³/mol. The number of aryl methyl sites for hydroxylation is 2. The number of carbonyl (C=O) groups excluding carboxylic acids is 1. The van der Waals surface area contributed by atoms with Gasteiger partial charge < -0.3 is 5.32 Å². The molecule has 0 fully saturated rings. The van der Waals surface area contributed by atoms with Crippen molar-refractivity contribution in [3.63, 3.8) is 0 Å². The zero-order valence-electron chi connectivity index (χ0n) is 17.7. The van der Waals surface area contributed by atoms with E-state index in [0.717, 1.165) is 16.9 Å². The van der Waals surface area contributed by atoms with Gasteiger partial charge in [-0.15, -0.1) is 0 Å². The van der Waals surface area contributed by atoms with Crippen molar-refractivity contribution in [1.82, 2.24) is 5.32 Å². The molecule has 0 heterocycles. The molecule has 1 N–H and O–H groups in total. The fraction of sp³-hybridized carbons (Fsp3) is 0.409. The Balaban J connectivity index is 2.21. The molecular weight excluding hydrogens is 404 g/mol. The van der Waals surface area contributed by atoms with E-state index in [1.165, 1.54) is 4.31 Å². The fourth-order valence-corrected chi connectivity index (χ4v) is 4.84. The molecule has 0 aliphatic heterocycles. The first-order valence-electron chi connectivity index (χ1n) is 9.56. The van der Waals surface area contributed by atoms with Crippen LogP contribution >= 0.6 is 11.8 Å². The van der Waals surface area contributed by atoms with E-state index in [1.807, 2.05) is 26.0 Å². The van der Waals surface area contributed by atoms with Crippen molar-refractivity contribution in [2.75, 3.05) is 23.1 Å². The van der Waals surface area contributed by atoms with Crippen molar-refractivity contribution in [2.45, 2.75) is 44.3 Å². The van der Waals surface area contributed by atoms with Crippen molar-refractivity contribution in [3.8, 4) is 0 Å². The second-order valence-electron chi connectivity index (χ2n) is 7.97. The number of nitrogens with zero attached hydrogens (tertiary/aromatic N) is 1. The van der Waals surface area contributed by atoms with Crippen molar-refractivity contribution >= 4 is 33.4 Å². The molecule has 0 atom stereocenters. The third kappa shape index (κ3) is 7.08. The summed E-state index contributed by atoms with van der Waals surface area (Å²) in [6.07, 6.45) is 0.